The quantitative estimate of drug-likeness (QED) is 0.571. The molecule has 0 atom stereocenters. The number of guanidine groups is 1. The highest BCUT2D eigenvalue weighted by atomic mass is 16.5. The zero-order valence-electron chi connectivity index (χ0n) is 10.3. The Labute approximate surface area is 105 Å². The molecule has 5 heteroatoms. The van der Waals surface area contributed by atoms with Crippen molar-refractivity contribution in [1.29, 1.82) is 0 Å². The fourth-order valence-electron chi connectivity index (χ4n) is 1.85. The van der Waals surface area contributed by atoms with Gasteiger partial charge in [-0.25, -0.2) is 0 Å². The van der Waals surface area contributed by atoms with Gasteiger partial charge in [0.2, 0.25) is 0 Å². The van der Waals surface area contributed by atoms with Crippen molar-refractivity contribution < 1.29 is 9.53 Å². The lowest BCUT2D eigenvalue weighted by molar-refractivity contribution is -0.115. The van der Waals surface area contributed by atoms with Gasteiger partial charge in [-0.3, -0.25) is 4.79 Å². The van der Waals surface area contributed by atoms with E-state index in [1.54, 1.807) is 19.9 Å². The van der Waals surface area contributed by atoms with Gasteiger partial charge in [0.25, 0.3) is 5.91 Å². The number of rotatable bonds is 1. The van der Waals surface area contributed by atoms with Crippen LogP contribution >= 0.6 is 0 Å². The first-order valence-corrected chi connectivity index (χ1v) is 5.54. The van der Waals surface area contributed by atoms with Crippen LogP contribution in [0.2, 0.25) is 0 Å². The maximum absolute atomic E-state index is 11.9. The average molecular weight is 245 g/mol. The number of hydrogen-bond acceptors (Lipinski definition) is 2. The van der Waals surface area contributed by atoms with E-state index in [1.165, 1.54) is 0 Å². The SMILES string of the molecule is CC1(C)Oc2ccccc2C=C1C(=O)N=C(N)N. The molecule has 1 aromatic carbocycles. The topological polar surface area (TPSA) is 90.7 Å². The molecular formula is C13H15N3O2. The number of benzene rings is 1. The molecule has 1 amide bonds. The number of fused-ring (bicyclic) bond motifs is 1. The smallest absolute Gasteiger partial charge is 0.280 e. The summed E-state index contributed by atoms with van der Waals surface area (Å²) in [4.78, 5) is 15.5. The summed E-state index contributed by atoms with van der Waals surface area (Å²) in [5.74, 6) is 0.00816. The van der Waals surface area contributed by atoms with Gasteiger partial charge in [-0.1, -0.05) is 18.2 Å². The molecule has 4 N–H and O–H groups in total. The zero-order chi connectivity index (χ0) is 13.3. The largest absolute Gasteiger partial charge is 0.482 e. The molecule has 0 bridgehead atoms. The highest BCUT2D eigenvalue weighted by molar-refractivity contribution is 6.06. The summed E-state index contributed by atoms with van der Waals surface area (Å²) in [5, 5.41) is 0. The van der Waals surface area contributed by atoms with Crippen molar-refractivity contribution >= 4 is 17.9 Å². The maximum Gasteiger partial charge on any atom is 0.280 e. The minimum absolute atomic E-state index is 0.254. The predicted octanol–water partition coefficient (Wildman–Crippen LogP) is 1.04. The summed E-state index contributed by atoms with van der Waals surface area (Å²) < 4.78 is 5.79. The third-order valence-electron chi connectivity index (χ3n) is 2.69. The van der Waals surface area contributed by atoms with Crippen molar-refractivity contribution in [2.45, 2.75) is 19.4 Å². The molecule has 5 nitrogen and oxygen atoms in total. The number of nitrogens with zero attached hydrogens (tertiary/aromatic N) is 1. The lowest BCUT2D eigenvalue weighted by Crippen LogP contribution is -2.37. The standard InChI is InChI=1S/C13H15N3O2/c1-13(2)9(11(17)16-12(14)15)7-8-5-3-4-6-10(8)18-13/h3-7H,1-2H3,(H4,14,15,16,17). The van der Waals surface area contributed by atoms with Gasteiger partial charge in [-0.15, -0.1) is 0 Å². The van der Waals surface area contributed by atoms with Crippen LogP contribution in [-0.2, 0) is 4.79 Å². The fourth-order valence-corrected chi connectivity index (χ4v) is 1.85. The zero-order valence-corrected chi connectivity index (χ0v) is 10.3. The Bertz CT molecular complexity index is 555. The van der Waals surface area contributed by atoms with Crippen LogP contribution in [-0.4, -0.2) is 17.5 Å². The molecule has 0 saturated heterocycles. The third kappa shape index (κ3) is 2.20. The Morgan fingerprint density at radius 1 is 1.28 bits per heavy atom. The third-order valence-corrected chi connectivity index (χ3v) is 2.69. The van der Waals surface area contributed by atoms with Gasteiger partial charge in [-0.2, -0.15) is 4.99 Å². The molecule has 0 saturated carbocycles. The Balaban J connectivity index is 2.49. The minimum atomic E-state index is -0.760. The molecule has 1 heterocycles. The highest BCUT2D eigenvalue weighted by Gasteiger charge is 2.34. The van der Waals surface area contributed by atoms with Crippen molar-refractivity contribution in [3.63, 3.8) is 0 Å². The number of carbonyl (C=O) groups excluding carboxylic acids is 1. The van der Waals surface area contributed by atoms with Crippen LogP contribution < -0.4 is 16.2 Å². The van der Waals surface area contributed by atoms with Gasteiger partial charge >= 0.3 is 0 Å². The van der Waals surface area contributed by atoms with E-state index < -0.39 is 11.5 Å². The van der Waals surface area contributed by atoms with Gasteiger partial charge in [0.05, 0.1) is 5.57 Å². The summed E-state index contributed by atoms with van der Waals surface area (Å²) in [7, 11) is 0. The number of nitrogens with two attached hydrogens (primary N) is 2. The number of ether oxygens (including phenoxy) is 1. The van der Waals surface area contributed by atoms with E-state index >= 15 is 0 Å². The number of aliphatic imine (C=N–C) groups is 1. The van der Waals surface area contributed by atoms with E-state index in [4.69, 9.17) is 16.2 Å². The number of carbonyl (C=O) groups is 1. The molecule has 0 aliphatic carbocycles. The second kappa shape index (κ2) is 4.18. The van der Waals surface area contributed by atoms with Crippen molar-refractivity contribution in [1.82, 2.24) is 0 Å². The van der Waals surface area contributed by atoms with E-state index in [2.05, 4.69) is 4.99 Å². The van der Waals surface area contributed by atoms with Crippen molar-refractivity contribution in [3.8, 4) is 5.75 Å². The van der Waals surface area contributed by atoms with Gasteiger partial charge in [0, 0.05) is 5.56 Å². The molecule has 0 spiro atoms. The molecule has 0 aromatic heterocycles. The Morgan fingerprint density at radius 3 is 2.61 bits per heavy atom. The van der Waals surface area contributed by atoms with Crippen LogP contribution in [0.25, 0.3) is 6.08 Å². The van der Waals surface area contributed by atoms with E-state index in [0.717, 1.165) is 11.3 Å². The van der Waals surface area contributed by atoms with Crippen LogP contribution in [0.1, 0.15) is 19.4 Å². The van der Waals surface area contributed by atoms with Crippen LogP contribution in [0.3, 0.4) is 0 Å². The summed E-state index contributed by atoms with van der Waals surface area (Å²) in [5.41, 5.74) is 10.9. The van der Waals surface area contributed by atoms with Gasteiger partial charge < -0.3 is 16.2 Å². The van der Waals surface area contributed by atoms with Crippen LogP contribution in [0.5, 0.6) is 5.75 Å². The molecule has 0 radical (unpaired) electrons. The van der Waals surface area contributed by atoms with Crippen molar-refractivity contribution in [2.75, 3.05) is 0 Å². The maximum atomic E-state index is 11.9. The molecule has 1 aliphatic heterocycles. The highest BCUT2D eigenvalue weighted by Crippen LogP contribution is 2.35. The lowest BCUT2D eigenvalue weighted by Gasteiger charge is -2.32. The predicted molar refractivity (Wildman–Crippen MR) is 69.9 cm³/mol. The number of amides is 1. The van der Waals surface area contributed by atoms with Gasteiger partial charge in [0.1, 0.15) is 11.4 Å². The summed E-state index contributed by atoms with van der Waals surface area (Å²) in [6.07, 6.45) is 1.76. The summed E-state index contributed by atoms with van der Waals surface area (Å²) in [6, 6.07) is 7.48. The first-order valence-electron chi connectivity index (χ1n) is 5.54. The van der Waals surface area contributed by atoms with Crippen molar-refractivity contribution in [2.24, 2.45) is 16.5 Å². The fraction of sp³-hybridized carbons (Fsp3) is 0.231. The molecule has 0 fully saturated rings. The summed E-state index contributed by atoms with van der Waals surface area (Å²) in [6.45, 7) is 3.60. The van der Waals surface area contributed by atoms with E-state index in [9.17, 15) is 4.79 Å². The second-order valence-electron chi connectivity index (χ2n) is 4.55. The minimum Gasteiger partial charge on any atom is -0.482 e. The monoisotopic (exact) mass is 245 g/mol. The molecule has 18 heavy (non-hydrogen) atoms. The van der Waals surface area contributed by atoms with E-state index in [1.807, 2.05) is 24.3 Å². The molecule has 94 valence electrons. The Kier molecular flexibility index (Phi) is 2.82. The van der Waals surface area contributed by atoms with Crippen LogP contribution in [0.15, 0.2) is 34.8 Å². The van der Waals surface area contributed by atoms with Gasteiger partial charge in [0.15, 0.2) is 5.96 Å². The normalized spacial score (nSPS) is 16.0. The average Bonchev–Trinajstić information content (AvgIpc) is 2.25. The first kappa shape index (κ1) is 12.2. The van der Waals surface area contributed by atoms with Gasteiger partial charge in [-0.05, 0) is 26.0 Å². The molecule has 1 aliphatic rings. The molecule has 1 aromatic rings. The van der Waals surface area contributed by atoms with E-state index in [0.29, 0.717) is 5.57 Å². The van der Waals surface area contributed by atoms with Crippen LogP contribution in [0.4, 0.5) is 0 Å². The summed E-state index contributed by atoms with van der Waals surface area (Å²) >= 11 is 0. The number of para-hydroxylation sites is 1. The molecule has 0 unspecified atom stereocenters. The lowest BCUT2D eigenvalue weighted by atomic mass is 9.92. The van der Waals surface area contributed by atoms with Crippen LogP contribution in [0, 0.1) is 0 Å². The molecule has 2 rings (SSSR count). The van der Waals surface area contributed by atoms with Crippen molar-refractivity contribution in [3.05, 3.63) is 35.4 Å². The Morgan fingerprint density at radius 2 is 1.94 bits per heavy atom. The number of hydrogen-bond donors (Lipinski definition) is 2. The first-order chi connectivity index (χ1) is 8.40. The Hall–Kier alpha value is -2.30. The second-order valence-corrected chi connectivity index (χ2v) is 4.55. The molecular weight excluding hydrogens is 230 g/mol. The van der Waals surface area contributed by atoms with E-state index in [-0.39, 0.29) is 5.96 Å².